The number of methoxy groups -OCH3 is 1. The molecular formula is C29H31Cl2N4O+. The fourth-order valence-electron chi connectivity index (χ4n) is 5.46. The van der Waals surface area contributed by atoms with Crippen molar-refractivity contribution in [1.82, 2.24) is 9.16 Å². The Kier molecular flexibility index (Phi) is 6.86. The minimum atomic E-state index is -0.319. The van der Waals surface area contributed by atoms with Crippen LogP contribution in [0.1, 0.15) is 42.7 Å². The van der Waals surface area contributed by atoms with Crippen molar-refractivity contribution in [2.45, 2.75) is 39.0 Å². The summed E-state index contributed by atoms with van der Waals surface area (Å²) in [6.45, 7) is 3.31. The number of quaternary nitrogens is 1. The summed E-state index contributed by atoms with van der Waals surface area (Å²) < 4.78 is 8.20. The van der Waals surface area contributed by atoms with E-state index in [-0.39, 0.29) is 10.7 Å². The van der Waals surface area contributed by atoms with Gasteiger partial charge in [-0.2, -0.15) is 10.4 Å². The van der Waals surface area contributed by atoms with Crippen molar-refractivity contribution in [3.8, 4) is 0 Å². The summed E-state index contributed by atoms with van der Waals surface area (Å²) >= 11 is 13.1. The minimum absolute atomic E-state index is 0.0895. The van der Waals surface area contributed by atoms with Crippen molar-refractivity contribution in [2.75, 3.05) is 7.11 Å². The number of hydrogen-bond donors (Lipinski definition) is 2. The normalized spacial score (nSPS) is 19.6. The molecule has 0 saturated carbocycles. The van der Waals surface area contributed by atoms with Gasteiger partial charge in [0.1, 0.15) is 18.3 Å². The molecule has 3 aromatic carbocycles. The van der Waals surface area contributed by atoms with Crippen molar-refractivity contribution < 1.29 is 4.74 Å². The van der Waals surface area contributed by atoms with Gasteiger partial charge in [0.2, 0.25) is 0 Å². The third-order valence-corrected chi connectivity index (χ3v) is 7.62. The van der Waals surface area contributed by atoms with Crippen LogP contribution in [-0.2, 0) is 17.8 Å². The van der Waals surface area contributed by atoms with Crippen LogP contribution in [-0.4, -0.2) is 11.7 Å². The Morgan fingerprint density at radius 2 is 1.72 bits per heavy atom. The van der Waals surface area contributed by atoms with E-state index in [0.717, 1.165) is 46.4 Å². The van der Waals surface area contributed by atoms with Crippen LogP contribution in [0.5, 0.6) is 0 Å². The molecule has 5 nitrogen and oxygen atoms in total. The van der Waals surface area contributed by atoms with Gasteiger partial charge in [0.25, 0.3) is 0 Å². The molecule has 0 saturated heterocycles. The molecule has 5 rings (SSSR count). The van der Waals surface area contributed by atoms with Crippen LogP contribution >= 0.6 is 23.2 Å². The lowest BCUT2D eigenvalue weighted by Gasteiger charge is -2.41. The van der Waals surface area contributed by atoms with Crippen molar-refractivity contribution in [3.63, 3.8) is 0 Å². The fourth-order valence-corrected chi connectivity index (χ4v) is 6.00. The second-order valence-corrected chi connectivity index (χ2v) is 10.2. The van der Waals surface area contributed by atoms with Crippen molar-refractivity contribution in [2.24, 2.45) is 11.6 Å². The van der Waals surface area contributed by atoms with Crippen LogP contribution in [0.2, 0.25) is 10.0 Å². The maximum Gasteiger partial charge on any atom is 0.163 e. The second-order valence-electron chi connectivity index (χ2n) is 9.38. The Balaban J connectivity index is 1.72. The van der Waals surface area contributed by atoms with Gasteiger partial charge in [-0.05, 0) is 36.2 Å². The second kappa shape index (κ2) is 9.92. The summed E-state index contributed by atoms with van der Waals surface area (Å²) in [5.74, 6) is 7.36. The number of halogens is 2. The third kappa shape index (κ3) is 4.21. The zero-order valence-electron chi connectivity index (χ0n) is 20.5. The Morgan fingerprint density at radius 1 is 1.00 bits per heavy atom. The van der Waals surface area contributed by atoms with Gasteiger partial charge in [-0.3, -0.25) is 0 Å². The van der Waals surface area contributed by atoms with Gasteiger partial charge in [-0.1, -0.05) is 72.6 Å². The van der Waals surface area contributed by atoms with Gasteiger partial charge in [0, 0.05) is 36.6 Å². The predicted octanol–water partition coefficient (Wildman–Crippen LogP) is 7.05. The highest BCUT2D eigenvalue weighted by molar-refractivity contribution is 6.38. The number of nitrogens with two attached hydrogens (primary N) is 2. The Labute approximate surface area is 222 Å². The van der Waals surface area contributed by atoms with Crippen LogP contribution in [0.25, 0.3) is 10.9 Å². The van der Waals surface area contributed by atoms with E-state index in [1.54, 1.807) is 13.2 Å². The molecule has 2 heterocycles. The smallest absolute Gasteiger partial charge is 0.163 e. The molecule has 0 bridgehead atoms. The average molecular weight is 523 g/mol. The van der Waals surface area contributed by atoms with Crippen molar-refractivity contribution in [3.05, 3.63) is 111 Å². The van der Waals surface area contributed by atoms with Crippen LogP contribution in [0.15, 0.2) is 84.2 Å². The first kappa shape index (κ1) is 24.9. The molecule has 4 N–H and O–H groups in total. The summed E-state index contributed by atoms with van der Waals surface area (Å²) in [6.07, 6.45) is 1.36. The van der Waals surface area contributed by atoms with E-state index < -0.39 is 0 Å². The summed E-state index contributed by atoms with van der Waals surface area (Å²) in [5.41, 5.74) is 13.6. The summed E-state index contributed by atoms with van der Waals surface area (Å²) in [7, 11) is 1.69. The number of hydrogen-bond acceptors (Lipinski definition) is 3. The van der Waals surface area contributed by atoms with Crippen LogP contribution in [0.4, 0.5) is 5.69 Å². The lowest BCUT2D eigenvalue weighted by molar-refractivity contribution is 0.118. The highest BCUT2D eigenvalue weighted by Gasteiger charge is 2.44. The fraction of sp³-hybridized carbons (Fsp3) is 0.241. The van der Waals surface area contributed by atoms with Gasteiger partial charge in [-0.15, -0.1) is 0 Å². The molecule has 1 aliphatic rings. The zero-order valence-corrected chi connectivity index (χ0v) is 22.1. The van der Waals surface area contributed by atoms with E-state index in [0.29, 0.717) is 28.8 Å². The SMILES string of the molecule is CCCC1=C(N)C(OC)c2ccccc2[N+]1(N)Cc1cc2c(Cl)cc(Cl)cc2n1Cc1ccccc1. The van der Waals surface area contributed by atoms with Gasteiger partial charge in [-0.25, -0.2) is 0 Å². The topological polar surface area (TPSA) is 66.2 Å². The molecule has 1 aromatic heterocycles. The van der Waals surface area contributed by atoms with E-state index in [4.69, 9.17) is 39.5 Å². The first-order chi connectivity index (χ1) is 17.4. The summed E-state index contributed by atoms with van der Waals surface area (Å²) in [6, 6.07) is 24.4. The molecule has 7 heteroatoms. The summed E-state index contributed by atoms with van der Waals surface area (Å²) in [5, 5.41) is 2.18. The molecule has 0 radical (unpaired) electrons. The number of ether oxygens (including phenoxy) is 1. The monoisotopic (exact) mass is 521 g/mol. The number of benzene rings is 3. The number of para-hydroxylation sites is 1. The van der Waals surface area contributed by atoms with E-state index in [1.165, 1.54) is 5.56 Å². The predicted molar refractivity (Wildman–Crippen MR) is 150 cm³/mol. The lowest BCUT2D eigenvalue weighted by Crippen LogP contribution is -2.58. The standard InChI is InChI=1S/C29H31Cl2N4O/c1-3-9-27-28(32)29(36-2)22-12-7-8-13-26(22)35(27,33)18-21-16-23-24(31)14-20(30)15-25(23)34(21)17-19-10-5-4-6-11-19/h4-8,10-16,29H,3,9,17-18,32-33H2,1-2H3/q+1. The molecule has 186 valence electrons. The van der Waals surface area contributed by atoms with E-state index in [1.807, 2.05) is 36.4 Å². The van der Waals surface area contributed by atoms with E-state index in [2.05, 4.69) is 41.8 Å². The van der Waals surface area contributed by atoms with E-state index >= 15 is 0 Å². The van der Waals surface area contributed by atoms with Gasteiger partial charge in [0.05, 0.1) is 21.8 Å². The quantitative estimate of drug-likeness (QED) is 0.202. The first-order valence-electron chi connectivity index (χ1n) is 12.2. The maximum absolute atomic E-state index is 7.36. The summed E-state index contributed by atoms with van der Waals surface area (Å²) in [4.78, 5) is 0. The Bertz CT molecular complexity index is 1450. The highest BCUT2D eigenvalue weighted by atomic mass is 35.5. The molecule has 36 heavy (non-hydrogen) atoms. The average Bonchev–Trinajstić information content (AvgIpc) is 3.20. The zero-order chi connectivity index (χ0) is 25.4. The molecule has 0 amide bonds. The molecular weight excluding hydrogens is 491 g/mol. The minimum Gasteiger partial charge on any atom is -0.395 e. The van der Waals surface area contributed by atoms with Crippen LogP contribution < -0.4 is 16.2 Å². The molecule has 0 spiro atoms. The molecule has 1 aliphatic heterocycles. The third-order valence-electron chi connectivity index (χ3n) is 7.08. The molecule has 0 fully saturated rings. The Morgan fingerprint density at radius 3 is 2.44 bits per heavy atom. The number of allylic oxidation sites excluding steroid dienone is 1. The molecule has 2 atom stereocenters. The molecule has 2 unspecified atom stereocenters. The van der Waals surface area contributed by atoms with E-state index in [9.17, 15) is 0 Å². The number of aromatic nitrogens is 1. The van der Waals surface area contributed by atoms with Crippen LogP contribution in [0, 0.1) is 0 Å². The first-order valence-corrected chi connectivity index (χ1v) is 12.9. The van der Waals surface area contributed by atoms with Crippen LogP contribution in [0.3, 0.4) is 0 Å². The molecule has 4 aromatic rings. The number of rotatable bonds is 7. The largest absolute Gasteiger partial charge is 0.395 e. The van der Waals surface area contributed by atoms with Crippen molar-refractivity contribution in [1.29, 1.82) is 0 Å². The van der Waals surface area contributed by atoms with Gasteiger partial charge in [0.15, 0.2) is 11.4 Å². The lowest BCUT2D eigenvalue weighted by atomic mass is 9.94. The Hall–Kier alpha value is -2.80. The molecule has 0 aliphatic carbocycles. The maximum atomic E-state index is 7.36. The van der Waals surface area contributed by atoms with Gasteiger partial charge < -0.3 is 15.0 Å². The highest BCUT2D eigenvalue weighted by Crippen LogP contribution is 2.45. The number of fused-ring (bicyclic) bond motifs is 2. The van der Waals surface area contributed by atoms with Gasteiger partial charge >= 0.3 is 0 Å². The van der Waals surface area contributed by atoms with Crippen molar-refractivity contribution >= 4 is 39.8 Å². The number of nitrogens with zero attached hydrogens (tertiary/aromatic N) is 2.